The van der Waals surface area contributed by atoms with E-state index in [9.17, 15) is 4.79 Å². The summed E-state index contributed by atoms with van der Waals surface area (Å²) in [5.74, 6) is -0.142. The van der Waals surface area contributed by atoms with Gasteiger partial charge in [-0.2, -0.15) is 5.10 Å². The number of nitrogen functional groups attached to an aromatic ring is 1. The third-order valence-corrected chi connectivity index (χ3v) is 3.57. The molecule has 3 N–H and O–H groups in total. The number of hydrogen-bond donors (Lipinski definition) is 2. The van der Waals surface area contributed by atoms with Crippen molar-refractivity contribution in [2.45, 2.75) is 25.7 Å². The van der Waals surface area contributed by atoms with E-state index >= 15 is 0 Å². The predicted molar refractivity (Wildman–Crippen MR) is 74.9 cm³/mol. The minimum absolute atomic E-state index is 0.142. The number of piperidine rings is 1. The van der Waals surface area contributed by atoms with Gasteiger partial charge in [0.1, 0.15) is 5.69 Å². The van der Waals surface area contributed by atoms with Crippen LogP contribution in [-0.2, 0) is 7.05 Å². The molecule has 1 fully saturated rings. The summed E-state index contributed by atoms with van der Waals surface area (Å²) in [7, 11) is 1.72. The fourth-order valence-corrected chi connectivity index (χ4v) is 2.50. The standard InChI is InChI=1S/C13H23N5O/c1-17-12(11(14)10-16-17)13(19)15-6-5-9-18-7-3-2-4-8-18/h10H,2-9,14H2,1H3,(H,15,19). The van der Waals surface area contributed by atoms with Gasteiger partial charge in [0.15, 0.2) is 0 Å². The van der Waals surface area contributed by atoms with Crippen LogP contribution >= 0.6 is 0 Å². The Bertz CT molecular complexity index is 403. The number of carbonyl (C=O) groups is 1. The summed E-state index contributed by atoms with van der Waals surface area (Å²) >= 11 is 0. The van der Waals surface area contributed by atoms with Gasteiger partial charge in [-0.25, -0.2) is 0 Å². The first-order valence-corrected chi connectivity index (χ1v) is 6.96. The number of amides is 1. The highest BCUT2D eigenvalue weighted by Gasteiger charge is 2.14. The zero-order chi connectivity index (χ0) is 13.7. The van der Waals surface area contributed by atoms with Gasteiger partial charge in [0, 0.05) is 13.6 Å². The number of aryl methyl sites for hydroxylation is 1. The van der Waals surface area contributed by atoms with Crippen LogP contribution in [0.3, 0.4) is 0 Å². The summed E-state index contributed by atoms with van der Waals surface area (Å²) in [6.45, 7) is 4.13. The molecule has 2 rings (SSSR count). The predicted octanol–water partition coefficient (Wildman–Crippen LogP) is 0.608. The van der Waals surface area contributed by atoms with Crippen LogP contribution in [-0.4, -0.2) is 46.8 Å². The van der Waals surface area contributed by atoms with Crippen molar-refractivity contribution in [3.05, 3.63) is 11.9 Å². The summed E-state index contributed by atoms with van der Waals surface area (Å²) in [6, 6.07) is 0. The van der Waals surface area contributed by atoms with Crippen molar-refractivity contribution in [3.63, 3.8) is 0 Å². The van der Waals surface area contributed by atoms with Gasteiger partial charge < -0.3 is 16.0 Å². The van der Waals surface area contributed by atoms with E-state index in [4.69, 9.17) is 5.73 Å². The zero-order valence-corrected chi connectivity index (χ0v) is 11.6. The number of aromatic nitrogens is 2. The van der Waals surface area contributed by atoms with Crippen molar-refractivity contribution < 1.29 is 4.79 Å². The van der Waals surface area contributed by atoms with E-state index in [1.54, 1.807) is 7.05 Å². The first-order chi connectivity index (χ1) is 9.18. The summed E-state index contributed by atoms with van der Waals surface area (Å²) in [6.07, 6.45) is 6.44. The molecule has 2 heterocycles. The molecule has 1 amide bonds. The highest BCUT2D eigenvalue weighted by atomic mass is 16.2. The minimum atomic E-state index is -0.142. The smallest absolute Gasteiger partial charge is 0.271 e. The van der Waals surface area contributed by atoms with Crippen LogP contribution in [0.15, 0.2) is 6.20 Å². The number of carbonyl (C=O) groups excluding carboxylic acids is 1. The number of likely N-dealkylation sites (tertiary alicyclic amines) is 1. The second kappa shape index (κ2) is 6.56. The van der Waals surface area contributed by atoms with Crippen molar-refractivity contribution >= 4 is 11.6 Å². The lowest BCUT2D eigenvalue weighted by atomic mass is 10.1. The highest BCUT2D eigenvalue weighted by Crippen LogP contribution is 2.09. The maximum Gasteiger partial charge on any atom is 0.271 e. The molecule has 0 saturated carbocycles. The Morgan fingerprint density at radius 3 is 2.79 bits per heavy atom. The molecule has 106 valence electrons. The van der Waals surface area contributed by atoms with E-state index in [1.807, 2.05) is 0 Å². The van der Waals surface area contributed by atoms with Crippen molar-refractivity contribution in [1.29, 1.82) is 0 Å². The van der Waals surface area contributed by atoms with Crippen LogP contribution in [0.5, 0.6) is 0 Å². The normalized spacial score (nSPS) is 16.5. The molecule has 6 heteroatoms. The summed E-state index contributed by atoms with van der Waals surface area (Å²) < 4.78 is 1.51. The molecule has 19 heavy (non-hydrogen) atoms. The average Bonchev–Trinajstić information content (AvgIpc) is 2.75. The third kappa shape index (κ3) is 3.70. The molecule has 1 saturated heterocycles. The fraction of sp³-hybridized carbons (Fsp3) is 0.692. The minimum Gasteiger partial charge on any atom is -0.396 e. The first kappa shape index (κ1) is 13.9. The van der Waals surface area contributed by atoms with E-state index in [-0.39, 0.29) is 5.91 Å². The van der Waals surface area contributed by atoms with E-state index in [1.165, 1.54) is 43.2 Å². The van der Waals surface area contributed by atoms with Gasteiger partial charge >= 0.3 is 0 Å². The molecule has 1 aromatic rings. The van der Waals surface area contributed by atoms with Crippen LogP contribution in [0, 0.1) is 0 Å². The van der Waals surface area contributed by atoms with Crippen LogP contribution < -0.4 is 11.1 Å². The lowest BCUT2D eigenvalue weighted by Gasteiger charge is -2.26. The quantitative estimate of drug-likeness (QED) is 0.765. The van der Waals surface area contributed by atoms with E-state index < -0.39 is 0 Å². The lowest BCUT2D eigenvalue weighted by Crippen LogP contribution is -2.33. The van der Waals surface area contributed by atoms with Crippen molar-refractivity contribution in [3.8, 4) is 0 Å². The van der Waals surface area contributed by atoms with Gasteiger partial charge in [0.2, 0.25) is 0 Å². The van der Waals surface area contributed by atoms with Crippen molar-refractivity contribution in [2.75, 3.05) is 31.9 Å². The van der Waals surface area contributed by atoms with Gasteiger partial charge in [-0.15, -0.1) is 0 Å². The van der Waals surface area contributed by atoms with Gasteiger partial charge in [-0.05, 0) is 38.9 Å². The van der Waals surface area contributed by atoms with E-state index in [2.05, 4.69) is 15.3 Å². The second-order valence-corrected chi connectivity index (χ2v) is 5.08. The molecule has 0 bridgehead atoms. The first-order valence-electron chi connectivity index (χ1n) is 6.96. The van der Waals surface area contributed by atoms with Crippen molar-refractivity contribution in [2.24, 2.45) is 7.05 Å². The number of rotatable bonds is 5. The van der Waals surface area contributed by atoms with Crippen LogP contribution in [0.25, 0.3) is 0 Å². The number of nitrogens with one attached hydrogen (secondary N) is 1. The lowest BCUT2D eigenvalue weighted by molar-refractivity contribution is 0.0942. The Kier molecular flexibility index (Phi) is 4.79. The number of anilines is 1. The monoisotopic (exact) mass is 265 g/mol. The van der Waals surface area contributed by atoms with Gasteiger partial charge in [-0.3, -0.25) is 9.48 Å². The molecule has 1 aliphatic rings. The number of hydrogen-bond acceptors (Lipinski definition) is 4. The van der Waals surface area contributed by atoms with Gasteiger partial charge in [-0.1, -0.05) is 6.42 Å². The van der Waals surface area contributed by atoms with Crippen LogP contribution in [0.1, 0.15) is 36.2 Å². The Balaban J connectivity index is 1.69. The molecule has 0 aromatic carbocycles. The van der Waals surface area contributed by atoms with Crippen molar-refractivity contribution in [1.82, 2.24) is 20.0 Å². The van der Waals surface area contributed by atoms with Gasteiger partial charge in [0.05, 0.1) is 11.9 Å². The maximum absolute atomic E-state index is 11.9. The molecule has 1 aliphatic heterocycles. The largest absolute Gasteiger partial charge is 0.396 e. The molecule has 0 unspecified atom stereocenters. The summed E-state index contributed by atoms with van der Waals surface area (Å²) in [4.78, 5) is 14.4. The summed E-state index contributed by atoms with van der Waals surface area (Å²) in [5.41, 5.74) is 6.58. The Morgan fingerprint density at radius 2 is 2.16 bits per heavy atom. The number of nitrogens with two attached hydrogens (primary N) is 1. The molecule has 0 aliphatic carbocycles. The Labute approximate surface area is 113 Å². The van der Waals surface area contributed by atoms with E-state index in [0.29, 0.717) is 17.9 Å². The zero-order valence-electron chi connectivity index (χ0n) is 11.6. The third-order valence-electron chi connectivity index (χ3n) is 3.57. The SMILES string of the molecule is Cn1ncc(N)c1C(=O)NCCCN1CCCCC1. The molecule has 0 radical (unpaired) electrons. The van der Waals surface area contributed by atoms with Crippen LogP contribution in [0.2, 0.25) is 0 Å². The maximum atomic E-state index is 11.9. The molecule has 0 spiro atoms. The molecule has 6 nitrogen and oxygen atoms in total. The van der Waals surface area contributed by atoms with E-state index in [0.717, 1.165) is 13.0 Å². The average molecular weight is 265 g/mol. The fourth-order valence-electron chi connectivity index (χ4n) is 2.50. The Hall–Kier alpha value is -1.56. The molecule has 1 aromatic heterocycles. The van der Waals surface area contributed by atoms with Crippen LogP contribution in [0.4, 0.5) is 5.69 Å². The molecular formula is C13H23N5O. The topological polar surface area (TPSA) is 76.2 Å². The van der Waals surface area contributed by atoms with Gasteiger partial charge in [0.25, 0.3) is 5.91 Å². The summed E-state index contributed by atoms with van der Waals surface area (Å²) in [5, 5.41) is 6.86. The Morgan fingerprint density at radius 1 is 1.42 bits per heavy atom. The molecular weight excluding hydrogens is 242 g/mol. The second-order valence-electron chi connectivity index (χ2n) is 5.08. The highest BCUT2D eigenvalue weighted by molar-refractivity contribution is 5.97. The number of nitrogens with zero attached hydrogens (tertiary/aromatic N) is 3. The molecule has 0 atom stereocenters.